The fourth-order valence-electron chi connectivity index (χ4n) is 1.39. The van der Waals surface area contributed by atoms with Gasteiger partial charge in [-0.3, -0.25) is 9.59 Å². The van der Waals surface area contributed by atoms with Crippen molar-refractivity contribution in [2.45, 2.75) is 33.1 Å². The molecule has 4 nitrogen and oxygen atoms in total. The summed E-state index contributed by atoms with van der Waals surface area (Å²) in [5.74, 6) is 0.528. The topological polar surface area (TPSA) is 55.4 Å². The lowest BCUT2D eigenvalue weighted by Gasteiger charge is -2.04. The molecule has 1 fully saturated rings. The first-order valence-corrected chi connectivity index (χ1v) is 5.58. The fourth-order valence-corrected chi connectivity index (χ4v) is 1.39. The Hall–Kier alpha value is -1.06. The van der Waals surface area contributed by atoms with E-state index in [0.717, 1.165) is 12.8 Å². The molecule has 0 radical (unpaired) electrons. The largest absolute Gasteiger partial charge is 0.466 e. The van der Waals surface area contributed by atoms with Crippen molar-refractivity contribution in [2.75, 3.05) is 13.2 Å². The molecule has 0 spiro atoms. The van der Waals surface area contributed by atoms with E-state index in [1.54, 1.807) is 0 Å². The number of carbonyl (C=O) groups excluding carboxylic acids is 2. The molecule has 0 aromatic heterocycles. The molecule has 0 aromatic rings. The van der Waals surface area contributed by atoms with Crippen LogP contribution in [0.25, 0.3) is 0 Å². The highest BCUT2D eigenvalue weighted by atomic mass is 16.5. The summed E-state index contributed by atoms with van der Waals surface area (Å²) in [5, 5.41) is 2.74. The van der Waals surface area contributed by atoms with E-state index in [4.69, 9.17) is 4.74 Å². The smallest absolute Gasteiger partial charge is 0.307 e. The van der Waals surface area contributed by atoms with Crippen LogP contribution >= 0.6 is 0 Å². The van der Waals surface area contributed by atoms with E-state index in [2.05, 4.69) is 12.2 Å². The first kappa shape index (κ1) is 12.0. The average Bonchev–Trinajstić information content (AvgIpc) is 2.92. The van der Waals surface area contributed by atoms with Gasteiger partial charge in [0, 0.05) is 12.5 Å². The normalized spacial score (nSPS) is 23.3. The first-order valence-electron chi connectivity index (χ1n) is 5.58. The van der Waals surface area contributed by atoms with Crippen molar-refractivity contribution in [1.29, 1.82) is 0 Å². The van der Waals surface area contributed by atoms with Crippen molar-refractivity contribution < 1.29 is 14.3 Å². The molecule has 1 rings (SSSR count). The van der Waals surface area contributed by atoms with Crippen molar-refractivity contribution in [3.05, 3.63) is 0 Å². The zero-order valence-corrected chi connectivity index (χ0v) is 9.41. The Morgan fingerprint density at radius 1 is 1.47 bits per heavy atom. The van der Waals surface area contributed by atoms with E-state index in [9.17, 15) is 9.59 Å². The first-order chi connectivity index (χ1) is 7.15. The molecular weight excluding hydrogens is 194 g/mol. The second-order valence-electron chi connectivity index (χ2n) is 4.08. The lowest BCUT2D eigenvalue weighted by atomic mass is 10.3. The van der Waals surface area contributed by atoms with Crippen LogP contribution in [0, 0.1) is 11.8 Å². The molecule has 0 heterocycles. The molecule has 1 amide bonds. The summed E-state index contributed by atoms with van der Waals surface area (Å²) in [4.78, 5) is 22.4. The Bertz CT molecular complexity index is 240. The molecule has 0 bridgehead atoms. The number of nitrogens with one attached hydrogen (secondary N) is 1. The minimum Gasteiger partial charge on any atom is -0.466 e. The van der Waals surface area contributed by atoms with Gasteiger partial charge in [-0.05, 0) is 18.8 Å². The Morgan fingerprint density at radius 3 is 2.67 bits per heavy atom. The minimum atomic E-state index is -0.235. The van der Waals surface area contributed by atoms with Crippen molar-refractivity contribution >= 4 is 11.9 Å². The highest BCUT2D eigenvalue weighted by Gasteiger charge is 2.38. The maximum atomic E-state index is 11.3. The highest BCUT2D eigenvalue weighted by Crippen LogP contribution is 2.37. The summed E-state index contributed by atoms with van der Waals surface area (Å²) in [7, 11) is 0. The Kier molecular flexibility index (Phi) is 4.59. The third-order valence-corrected chi connectivity index (χ3v) is 2.54. The fraction of sp³-hybridized carbons (Fsp3) is 0.818. The van der Waals surface area contributed by atoms with E-state index in [-0.39, 0.29) is 24.2 Å². The van der Waals surface area contributed by atoms with Crippen LogP contribution in [0.5, 0.6) is 0 Å². The van der Waals surface area contributed by atoms with Gasteiger partial charge in [0.05, 0.1) is 13.0 Å². The molecule has 0 saturated heterocycles. The zero-order chi connectivity index (χ0) is 11.3. The molecule has 1 aliphatic rings. The predicted molar refractivity (Wildman–Crippen MR) is 56.1 cm³/mol. The van der Waals surface area contributed by atoms with Crippen molar-refractivity contribution in [3.63, 3.8) is 0 Å². The Balaban J connectivity index is 2.00. The molecule has 0 aliphatic heterocycles. The summed E-state index contributed by atoms with van der Waals surface area (Å²) >= 11 is 0. The number of esters is 1. The van der Waals surface area contributed by atoms with Crippen LogP contribution < -0.4 is 5.32 Å². The van der Waals surface area contributed by atoms with Crippen molar-refractivity contribution in [2.24, 2.45) is 11.8 Å². The van der Waals surface area contributed by atoms with Gasteiger partial charge in [0.2, 0.25) is 5.91 Å². The number of hydrogen-bond acceptors (Lipinski definition) is 3. The van der Waals surface area contributed by atoms with Gasteiger partial charge in [0.1, 0.15) is 0 Å². The number of amides is 1. The molecule has 1 saturated carbocycles. The number of rotatable bonds is 6. The van der Waals surface area contributed by atoms with Crippen LogP contribution in [0.1, 0.15) is 33.1 Å². The van der Waals surface area contributed by atoms with Crippen LogP contribution in [-0.4, -0.2) is 25.0 Å². The van der Waals surface area contributed by atoms with E-state index in [1.165, 1.54) is 0 Å². The summed E-state index contributed by atoms with van der Waals surface area (Å²) in [6.45, 7) is 4.86. The lowest BCUT2D eigenvalue weighted by Crippen LogP contribution is -2.28. The van der Waals surface area contributed by atoms with Crippen LogP contribution in [0.15, 0.2) is 0 Å². The summed E-state index contributed by atoms with van der Waals surface area (Å²) in [5.41, 5.74) is 0. The van der Waals surface area contributed by atoms with E-state index >= 15 is 0 Å². The number of carbonyl (C=O) groups is 2. The van der Waals surface area contributed by atoms with Gasteiger partial charge in [0.15, 0.2) is 0 Å². The average molecular weight is 213 g/mol. The van der Waals surface area contributed by atoms with Crippen molar-refractivity contribution in [3.8, 4) is 0 Å². The summed E-state index contributed by atoms with van der Waals surface area (Å²) in [6.07, 6.45) is 2.08. The van der Waals surface area contributed by atoms with Gasteiger partial charge >= 0.3 is 5.97 Å². The van der Waals surface area contributed by atoms with E-state index < -0.39 is 0 Å². The van der Waals surface area contributed by atoms with Gasteiger partial charge in [-0.1, -0.05) is 13.8 Å². The molecule has 86 valence electrons. The lowest BCUT2D eigenvalue weighted by molar-refractivity contribution is -0.143. The minimum absolute atomic E-state index is 0.0748. The monoisotopic (exact) mass is 213 g/mol. The number of hydrogen-bond donors (Lipinski definition) is 1. The Morgan fingerprint density at radius 2 is 2.13 bits per heavy atom. The van der Waals surface area contributed by atoms with Gasteiger partial charge in [-0.15, -0.1) is 0 Å². The van der Waals surface area contributed by atoms with Crippen LogP contribution in [0.2, 0.25) is 0 Å². The Labute approximate surface area is 90.4 Å². The molecule has 0 aromatic carbocycles. The second kappa shape index (κ2) is 5.73. The SMILES string of the molecule is CCCOC(=O)CCNC(=O)C1CC1C. The molecule has 15 heavy (non-hydrogen) atoms. The molecule has 2 atom stereocenters. The molecular formula is C11H19NO3. The standard InChI is InChI=1S/C11H19NO3/c1-3-6-15-10(13)4-5-12-11(14)9-7-8(9)2/h8-9H,3-7H2,1-2H3,(H,12,14). The maximum Gasteiger partial charge on any atom is 0.307 e. The summed E-state index contributed by atoms with van der Waals surface area (Å²) in [6, 6.07) is 0. The predicted octanol–water partition coefficient (Wildman–Crippen LogP) is 1.10. The van der Waals surface area contributed by atoms with Crippen LogP contribution in [0.3, 0.4) is 0 Å². The third kappa shape index (κ3) is 4.32. The van der Waals surface area contributed by atoms with E-state index in [1.807, 2.05) is 6.92 Å². The third-order valence-electron chi connectivity index (χ3n) is 2.54. The second-order valence-corrected chi connectivity index (χ2v) is 4.08. The molecule has 1 aliphatic carbocycles. The van der Waals surface area contributed by atoms with Crippen LogP contribution in [0.4, 0.5) is 0 Å². The zero-order valence-electron chi connectivity index (χ0n) is 9.41. The molecule has 4 heteroatoms. The van der Waals surface area contributed by atoms with Crippen LogP contribution in [-0.2, 0) is 14.3 Å². The quantitative estimate of drug-likeness (QED) is 0.672. The maximum absolute atomic E-state index is 11.3. The van der Waals surface area contributed by atoms with Gasteiger partial charge in [-0.2, -0.15) is 0 Å². The van der Waals surface area contributed by atoms with Gasteiger partial charge < -0.3 is 10.1 Å². The van der Waals surface area contributed by atoms with Gasteiger partial charge in [0.25, 0.3) is 0 Å². The van der Waals surface area contributed by atoms with Crippen molar-refractivity contribution in [1.82, 2.24) is 5.32 Å². The number of ether oxygens (including phenoxy) is 1. The summed E-state index contributed by atoms with van der Waals surface area (Å²) < 4.78 is 4.88. The van der Waals surface area contributed by atoms with Gasteiger partial charge in [-0.25, -0.2) is 0 Å². The molecule has 2 unspecified atom stereocenters. The highest BCUT2D eigenvalue weighted by molar-refractivity contribution is 5.81. The van der Waals surface area contributed by atoms with E-state index in [0.29, 0.717) is 19.1 Å². The molecule has 1 N–H and O–H groups in total.